The zero-order valence-electron chi connectivity index (χ0n) is 14.0. The summed E-state index contributed by atoms with van der Waals surface area (Å²) in [5.41, 5.74) is -0.0406. The van der Waals surface area contributed by atoms with Gasteiger partial charge in [-0.05, 0) is 31.1 Å². The normalized spacial score (nSPS) is 23.0. The summed E-state index contributed by atoms with van der Waals surface area (Å²) in [5.74, 6) is 0.0855. The highest BCUT2D eigenvalue weighted by atomic mass is 16.4. The van der Waals surface area contributed by atoms with E-state index < -0.39 is 6.09 Å². The first-order valence-corrected chi connectivity index (χ1v) is 7.90. The fourth-order valence-electron chi connectivity index (χ4n) is 2.76. The van der Waals surface area contributed by atoms with Crippen molar-refractivity contribution in [1.82, 2.24) is 10.2 Å². The van der Waals surface area contributed by atoms with Gasteiger partial charge in [-0.1, -0.05) is 34.6 Å². The van der Waals surface area contributed by atoms with Gasteiger partial charge in [-0.2, -0.15) is 0 Å². The molecule has 0 heterocycles. The fraction of sp³-hybridized carbons (Fsp3) is 0.875. The van der Waals surface area contributed by atoms with Crippen LogP contribution in [0.2, 0.25) is 0 Å². The number of nitrogens with one attached hydrogen (secondary N) is 1. The van der Waals surface area contributed by atoms with Gasteiger partial charge in [-0.25, -0.2) is 4.79 Å². The van der Waals surface area contributed by atoms with Crippen LogP contribution in [0.25, 0.3) is 0 Å². The smallest absolute Gasteiger partial charge is 0.407 e. The van der Waals surface area contributed by atoms with E-state index in [1.807, 2.05) is 13.8 Å². The molecule has 0 aromatic heterocycles. The summed E-state index contributed by atoms with van der Waals surface area (Å²) in [6.07, 6.45) is 2.53. The lowest BCUT2D eigenvalue weighted by Gasteiger charge is -2.38. The molecule has 5 nitrogen and oxygen atoms in total. The molecule has 0 aliphatic heterocycles. The number of hydrogen-bond acceptors (Lipinski definition) is 2. The van der Waals surface area contributed by atoms with E-state index >= 15 is 0 Å². The van der Waals surface area contributed by atoms with Crippen molar-refractivity contribution in [3.63, 3.8) is 0 Å². The number of amides is 2. The first-order valence-electron chi connectivity index (χ1n) is 7.90. The van der Waals surface area contributed by atoms with Gasteiger partial charge in [0.25, 0.3) is 0 Å². The van der Waals surface area contributed by atoms with Crippen molar-refractivity contribution in [3.05, 3.63) is 0 Å². The standard InChI is InChI=1S/C16H30N2O3/c1-11(2)14(19)17-12-6-8-13(9-7-12)18(15(20)21)10-16(3,4)5/h11-13H,6-10H2,1-5H3,(H,17,19)(H,20,21). The Kier molecular flexibility index (Phi) is 6.05. The Morgan fingerprint density at radius 2 is 1.71 bits per heavy atom. The second kappa shape index (κ2) is 7.14. The van der Waals surface area contributed by atoms with Crippen molar-refractivity contribution in [2.75, 3.05) is 6.54 Å². The minimum absolute atomic E-state index is 0.000804. The molecule has 122 valence electrons. The number of carbonyl (C=O) groups excluding carboxylic acids is 1. The Balaban J connectivity index is 2.53. The van der Waals surface area contributed by atoms with Gasteiger partial charge in [0, 0.05) is 24.5 Å². The Morgan fingerprint density at radius 3 is 2.10 bits per heavy atom. The molecule has 1 fully saturated rings. The molecule has 0 spiro atoms. The molecule has 0 aromatic carbocycles. The summed E-state index contributed by atoms with van der Waals surface area (Å²) >= 11 is 0. The molecule has 2 N–H and O–H groups in total. The summed E-state index contributed by atoms with van der Waals surface area (Å²) in [6, 6.07) is 0.273. The third kappa shape index (κ3) is 5.94. The molecule has 0 bridgehead atoms. The quantitative estimate of drug-likeness (QED) is 0.838. The number of carbonyl (C=O) groups is 2. The molecule has 1 rings (SSSR count). The Bertz CT molecular complexity index is 366. The minimum atomic E-state index is -0.834. The maximum atomic E-state index is 11.7. The Hall–Kier alpha value is -1.26. The van der Waals surface area contributed by atoms with E-state index in [1.165, 1.54) is 0 Å². The average molecular weight is 298 g/mol. The molecule has 0 atom stereocenters. The lowest BCUT2D eigenvalue weighted by atomic mass is 9.88. The third-order valence-corrected chi connectivity index (χ3v) is 3.90. The monoisotopic (exact) mass is 298 g/mol. The third-order valence-electron chi connectivity index (χ3n) is 3.90. The highest BCUT2D eigenvalue weighted by Crippen LogP contribution is 2.26. The van der Waals surface area contributed by atoms with Crippen LogP contribution in [0, 0.1) is 11.3 Å². The number of nitrogens with zero attached hydrogens (tertiary/aromatic N) is 1. The van der Waals surface area contributed by atoms with Crippen molar-refractivity contribution in [2.45, 2.75) is 72.4 Å². The zero-order valence-corrected chi connectivity index (χ0v) is 14.0. The van der Waals surface area contributed by atoms with Crippen LogP contribution < -0.4 is 5.32 Å². The van der Waals surface area contributed by atoms with Crippen LogP contribution in [-0.4, -0.2) is 40.6 Å². The molecule has 1 aliphatic carbocycles. The first-order chi connectivity index (χ1) is 9.60. The van der Waals surface area contributed by atoms with Crippen molar-refractivity contribution in [2.24, 2.45) is 11.3 Å². The van der Waals surface area contributed by atoms with Gasteiger partial charge in [-0.15, -0.1) is 0 Å². The second-order valence-electron chi connectivity index (χ2n) is 7.64. The average Bonchev–Trinajstić information content (AvgIpc) is 2.35. The molecule has 0 saturated heterocycles. The summed E-state index contributed by atoms with van der Waals surface area (Å²) < 4.78 is 0. The van der Waals surface area contributed by atoms with Gasteiger partial charge < -0.3 is 15.3 Å². The lowest BCUT2D eigenvalue weighted by Crippen LogP contribution is -2.48. The van der Waals surface area contributed by atoms with Crippen molar-refractivity contribution < 1.29 is 14.7 Å². The Morgan fingerprint density at radius 1 is 1.19 bits per heavy atom. The van der Waals surface area contributed by atoms with Crippen LogP contribution in [0.15, 0.2) is 0 Å². The lowest BCUT2D eigenvalue weighted by molar-refractivity contribution is -0.125. The number of carboxylic acid groups (broad SMARTS) is 1. The molecular formula is C16H30N2O3. The van der Waals surface area contributed by atoms with Gasteiger partial charge in [0.15, 0.2) is 0 Å². The largest absolute Gasteiger partial charge is 0.465 e. The predicted octanol–water partition coefficient (Wildman–Crippen LogP) is 3.10. The maximum absolute atomic E-state index is 11.7. The molecule has 1 aliphatic rings. The summed E-state index contributed by atoms with van der Waals surface area (Å²) in [5, 5.41) is 12.5. The highest BCUT2D eigenvalue weighted by Gasteiger charge is 2.31. The molecule has 5 heteroatoms. The van der Waals surface area contributed by atoms with Gasteiger partial charge in [0.1, 0.15) is 0 Å². The van der Waals surface area contributed by atoms with Crippen LogP contribution >= 0.6 is 0 Å². The van der Waals surface area contributed by atoms with Crippen LogP contribution in [0.4, 0.5) is 4.79 Å². The molecule has 0 unspecified atom stereocenters. The fourth-order valence-corrected chi connectivity index (χ4v) is 2.76. The summed E-state index contributed by atoms with van der Waals surface area (Å²) in [7, 11) is 0. The van der Waals surface area contributed by atoms with Gasteiger partial charge >= 0.3 is 6.09 Å². The van der Waals surface area contributed by atoms with E-state index in [4.69, 9.17) is 0 Å². The minimum Gasteiger partial charge on any atom is -0.465 e. The van der Waals surface area contributed by atoms with Crippen LogP contribution in [0.1, 0.15) is 60.3 Å². The Labute approximate surface area is 128 Å². The highest BCUT2D eigenvalue weighted by molar-refractivity contribution is 5.78. The summed E-state index contributed by atoms with van der Waals surface area (Å²) in [6.45, 7) is 10.5. The molecule has 1 saturated carbocycles. The zero-order chi connectivity index (χ0) is 16.2. The predicted molar refractivity (Wildman–Crippen MR) is 83.2 cm³/mol. The van der Waals surface area contributed by atoms with E-state index in [-0.39, 0.29) is 29.3 Å². The van der Waals surface area contributed by atoms with Crippen molar-refractivity contribution in [3.8, 4) is 0 Å². The summed E-state index contributed by atoms with van der Waals surface area (Å²) in [4.78, 5) is 24.8. The van der Waals surface area contributed by atoms with E-state index in [1.54, 1.807) is 4.90 Å². The van der Waals surface area contributed by atoms with Crippen LogP contribution in [-0.2, 0) is 4.79 Å². The van der Waals surface area contributed by atoms with Crippen LogP contribution in [0.5, 0.6) is 0 Å². The maximum Gasteiger partial charge on any atom is 0.407 e. The molecular weight excluding hydrogens is 268 g/mol. The van der Waals surface area contributed by atoms with Crippen LogP contribution in [0.3, 0.4) is 0 Å². The molecule has 2 amide bonds. The molecule has 0 radical (unpaired) electrons. The van der Waals surface area contributed by atoms with Gasteiger partial charge in [0.05, 0.1) is 0 Å². The van der Waals surface area contributed by atoms with Crippen molar-refractivity contribution in [1.29, 1.82) is 0 Å². The number of hydrogen-bond donors (Lipinski definition) is 2. The van der Waals surface area contributed by atoms with Gasteiger partial charge in [0.2, 0.25) is 5.91 Å². The van der Waals surface area contributed by atoms with E-state index in [2.05, 4.69) is 26.1 Å². The SMILES string of the molecule is CC(C)C(=O)NC1CCC(N(CC(C)(C)C)C(=O)O)CC1. The number of rotatable bonds is 4. The second-order valence-corrected chi connectivity index (χ2v) is 7.64. The van der Waals surface area contributed by atoms with E-state index in [0.717, 1.165) is 25.7 Å². The molecule has 21 heavy (non-hydrogen) atoms. The first kappa shape index (κ1) is 17.8. The van der Waals surface area contributed by atoms with Crippen molar-refractivity contribution >= 4 is 12.0 Å². The van der Waals surface area contributed by atoms with Gasteiger partial charge in [-0.3, -0.25) is 4.79 Å². The molecule has 0 aromatic rings. The van der Waals surface area contributed by atoms with E-state index in [9.17, 15) is 14.7 Å². The van der Waals surface area contributed by atoms with E-state index in [0.29, 0.717) is 6.54 Å². The topological polar surface area (TPSA) is 69.6 Å².